The molecule has 1 rings (SSSR count). The third-order valence-electron chi connectivity index (χ3n) is 3.99. The highest BCUT2D eigenvalue weighted by atomic mass is 16.3. The summed E-state index contributed by atoms with van der Waals surface area (Å²) in [6, 6.07) is 0.199. The smallest absolute Gasteiger partial charge is 0.226 e. The summed E-state index contributed by atoms with van der Waals surface area (Å²) in [5.41, 5.74) is 5.80. The molecule has 1 aliphatic carbocycles. The molecule has 0 spiro atoms. The van der Waals surface area contributed by atoms with Crippen molar-refractivity contribution in [3.8, 4) is 0 Å². The van der Waals surface area contributed by atoms with Crippen molar-refractivity contribution in [3.63, 3.8) is 0 Å². The van der Waals surface area contributed by atoms with Crippen LogP contribution in [0.15, 0.2) is 0 Å². The Morgan fingerprint density at radius 3 is 2.61 bits per heavy atom. The number of rotatable bonds is 6. The number of nitrogens with two attached hydrogens (primary N) is 1. The fraction of sp³-hybridized carbons (Fsp3) is 0.929. The molecular formula is C14H28N2O2. The topological polar surface area (TPSA) is 66.6 Å². The molecule has 0 aromatic carbocycles. The Morgan fingerprint density at radius 2 is 2.06 bits per heavy atom. The monoisotopic (exact) mass is 256 g/mol. The van der Waals surface area contributed by atoms with Gasteiger partial charge in [0.1, 0.15) is 0 Å². The average molecular weight is 256 g/mol. The van der Waals surface area contributed by atoms with Gasteiger partial charge in [0.05, 0.1) is 0 Å². The molecule has 0 aliphatic heterocycles. The van der Waals surface area contributed by atoms with Gasteiger partial charge < -0.3 is 15.7 Å². The first kappa shape index (κ1) is 15.4. The number of carbonyl (C=O) groups excluding carboxylic acids is 1. The van der Waals surface area contributed by atoms with Gasteiger partial charge in [-0.25, -0.2) is 0 Å². The maximum absolute atomic E-state index is 12.6. The zero-order valence-corrected chi connectivity index (χ0v) is 11.8. The molecule has 1 fully saturated rings. The molecule has 4 heteroatoms. The lowest BCUT2D eigenvalue weighted by Crippen LogP contribution is -2.45. The lowest BCUT2D eigenvalue weighted by molar-refractivity contribution is -0.140. The number of nitrogens with zero attached hydrogens (tertiary/aromatic N) is 1. The number of aliphatic hydroxyl groups is 1. The minimum Gasteiger partial charge on any atom is -0.396 e. The number of carbonyl (C=O) groups is 1. The molecule has 0 aromatic rings. The predicted molar refractivity (Wildman–Crippen MR) is 73.1 cm³/mol. The van der Waals surface area contributed by atoms with Crippen LogP contribution in [0.2, 0.25) is 0 Å². The normalized spacial score (nSPS) is 24.3. The van der Waals surface area contributed by atoms with Crippen molar-refractivity contribution in [1.29, 1.82) is 0 Å². The Bertz CT molecular complexity index is 256. The number of hydrogen-bond donors (Lipinski definition) is 2. The van der Waals surface area contributed by atoms with E-state index in [2.05, 4.69) is 0 Å². The van der Waals surface area contributed by atoms with Gasteiger partial charge in [-0.3, -0.25) is 4.79 Å². The molecule has 2 atom stereocenters. The maximum atomic E-state index is 12.6. The summed E-state index contributed by atoms with van der Waals surface area (Å²) in [6.45, 7) is 5.48. The van der Waals surface area contributed by atoms with E-state index in [0.29, 0.717) is 25.4 Å². The molecule has 0 heterocycles. The minimum atomic E-state index is 0.102. The van der Waals surface area contributed by atoms with Gasteiger partial charge in [-0.1, -0.05) is 12.8 Å². The van der Waals surface area contributed by atoms with Gasteiger partial charge in [0.25, 0.3) is 0 Å². The van der Waals surface area contributed by atoms with Crippen LogP contribution in [0.4, 0.5) is 0 Å². The van der Waals surface area contributed by atoms with Crippen LogP contribution in [-0.2, 0) is 4.79 Å². The zero-order valence-electron chi connectivity index (χ0n) is 11.8. The van der Waals surface area contributed by atoms with E-state index >= 15 is 0 Å². The fourth-order valence-corrected chi connectivity index (χ4v) is 2.89. The van der Waals surface area contributed by atoms with Gasteiger partial charge in [-0.15, -0.1) is 0 Å². The van der Waals surface area contributed by atoms with Crippen molar-refractivity contribution < 1.29 is 9.90 Å². The summed E-state index contributed by atoms with van der Waals surface area (Å²) in [5.74, 6) is 0.695. The van der Waals surface area contributed by atoms with Crippen LogP contribution in [0, 0.1) is 11.8 Å². The van der Waals surface area contributed by atoms with E-state index in [1.807, 2.05) is 18.7 Å². The first-order valence-corrected chi connectivity index (χ1v) is 7.23. The summed E-state index contributed by atoms with van der Waals surface area (Å²) in [5, 5.41) is 8.93. The minimum absolute atomic E-state index is 0.102. The molecule has 106 valence electrons. The second-order valence-corrected chi connectivity index (χ2v) is 5.59. The molecule has 0 aromatic heterocycles. The van der Waals surface area contributed by atoms with E-state index in [-0.39, 0.29) is 24.5 Å². The van der Waals surface area contributed by atoms with Crippen molar-refractivity contribution in [3.05, 3.63) is 0 Å². The molecule has 1 saturated carbocycles. The van der Waals surface area contributed by atoms with Crippen LogP contribution in [0.25, 0.3) is 0 Å². The first-order valence-electron chi connectivity index (χ1n) is 7.23. The highest BCUT2D eigenvalue weighted by Gasteiger charge is 2.33. The van der Waals surface area contributed by atoms with Gasteiger partial charge in [0.2, 0.25) is 5.91 Å². The maximum Gasteiger partial charge on any atom is 0.226 e. The molecule has 2 unspecified atom stereocenters. The van der Waals surface area contributed by atoms with Crippen molar-refractivity contribution in [2.45, 2.75) is 52.0 Å². The average Bonchev–Trinajstić information content (AvgIpc) is 2.38. The standard InChI is InChI=1S/C14H28N2O2/c1-11(2)16(8-5-9-17)14(18)13-7-4-3-6-12(13)10-15/h11-13,17H,3-10,15H2,1-2H3. The molecular weight excluding hydrogens is 228 g/mol. The SMILES string of the molecule is CC(C)N(CCCO)C(=O)C1CCCCC1CN. The molecule has 0 radical (unpaired) electrons. The molecule has 3 N–H and O–H groups in total. The van der Waals surface area contributed by atoms with Crippen LogP contribution < -0.4 is 5.73 Å². The summed E-state index contributed by atoms with van der Waals surface area (Å²) in [4.78, 5) is 14.5. The Kier molecular flexibility index (Phi) is 6.65. The predicted octanol–water partition coefficient (Wildman–Crippen LogP) is 1.37. The Morgan fingerprint density at radius 1 is 1.39 bits per heavy atom. The Balaban J connectivity index is 2.67. The van der Waals surface area contributed by atoms with Gasteiger partial charge >= 0.3 is 0 Å². The second-order valence-electron chi connectivity index (χ2n) is 5.59. The lowest BCUT2D eigenvalue weighted by Gasteiger charge is -2.36. The summed E-state index contributed by atoms with van der Waals surface area (Å²) in [7, 11) is 0. The number of aliphatic hydroxyl groups excluding tert-OH is 1. The zero-order chi connectivity index (χ0) is 13.5. The summed E-state index contributed by atoms with van der Waals surface area (Å²) >= 11 is 0. The van der Waals surface area contributed by atoms with Gasteiger partial charge in [-0.05, 0) is 45.6 Å². The van der Waals surface area contributed by atoms with E-state index in [9.17, 15) is 4.79 Å². The van der Waals surface area contributed by atoms with Crippen molar-refractivity contribution in [1.82, 2.24) is 4.90 Å². The van der Waals surface area contributed by atoms with Crippen molar-refractivity contribution in [2.24, 2.45) is 17.6 Å². The van der Waals surface area contributed by atoms with E-state index in [1.165, 1.54) is 6.42 Å². The van der Waals surface area contributed by atoms with Gasteiger partial charge in [0, 0.05) is 25.1 Å². The molecule has 1 amide bonds. The quantitative estimate of drug-likeness (QED) is 0.754. The van der Waals surface area contributed by atoms with E-state index in [4.69, 9.17) is 10.8 Å². The third kappa shape index (κ3) is 3.95. The third-order valence-corrected chi connectivity index (χ3v) is 3.99. The fourth-order valence-electron chi connectivity index (χ4n) is 2.89. The summed E-state index contributed by atoms with van der Waals surface area (Å²) in [6.07, 6.45) is 5.05. The van der Waals surface area contributed by atoms with Crippen molar-refractivity contribution in [2.75, 3.05) is 19.7 Å². The summed E-state index contributed by atoms with van der Waals surface area (Å²) < 4.78 is 0. The highest BCUT2D eigenvalue weighted by Crippen LogP contribution is 2.31. The van der Waals surface area contributed by atoms with E-state index < -0.39 is 0 Å². The number of hydrogen-bond acceptors (Lipinski definition) is 3. The second kappa shape index (κ2) is 7.74. The van der Waals surface area contributed by atoms with Crippen LogP contribution >= 0.6 is 0 Å². The lowest BCUT2D eigenvalue weighted by atomic mass is 9.78. The van der Waals surface area contributed by atoms with Crippen LogP contribution in [0.5, 0.6) is 0 Å². The van der Waals surface area contributed by atoms with Crippen LogP contribution in [0.1, 0.15) is 46.0 Å². The van der Waals surface area contributed by atoms with Crippen LogP contribution in [-0.4, -0.2) is 41.7 Å². The highest BCUT2D eigenvalue weighted by molar-refractivity contribution is 5.79. The van der Waals surface area contributed by atoms with Gasteiger partial charge in [0.15, 0.2) is 0 Å². The molecule has 4 nitrogen and oxygen atoms in total. The van der Waals surface area contributed by atoms with Crippen LogP contribution in [0.3, 0.4) is 0 Å². The molecule has 18 heavy (non-hydrogen) atoms. The first-order chi connectivity index (χ1) is 8.61. The van der Waals surface area contributed by atoms with E-state index in [0.717, 1.165) is 19.3 Å². The molecule has 1 aliphatic rings. The largest absolute Gasteiger partial charge is 0.396 e. The Labute approximate surface area is 111 Å². The van der Waals surface area contributed by atoms with E-state index in [1.54, 1.807) is 0 Å². The Hall–Kier alpha value is -0.610. The van der Waals surface area contributed by atoms with Crippen molar-refractivity contribution >= 4 is 5.91 Å². The van der Waals surface area contributed by atoms with Gasteiger partial charge in [-0.2, -0.15) is 0 Å². The molecule has 0 saturated heterocycles. The molecule has 0 bridgehead atoms. The number of amides is 1.